The van der Waals surface area contributed by atoms with Crippen LogP contribution in [0.2, 0.25) is 10.0 Å². The van der Waals surface area contributed by atoms with E-state index in [-0.39, 0.29) is 23.5 Å². The van der Waals surface area contributed by atoms with Crippen molar-refractivity contribution in [3.63, 3.8) is 0 Å². The molecule has 2 aliphatic heterocycles. The molecule has 1 aromatic heterocycles. The number of rotatable bonds is 6. The molecule has 0 N–H and O–H groups in total. The van der Waals surface area contributed by atoms with Crippen molar-refractivity contribution >= 4 is 65.8 Å². The number of carbonyl (C=O) groups is 1. The van der Waals surface area contributed by atoms with E-state index in [2.05, 4.69) is 0 Å². The second-order valence-corrected chi connectivity index (χ2v) is 12.6. The van der Waals surface area contributed by atoms with Crippen LogP contribution >= 0.6 is 34.5 Å². The summed E-state index contributed by atoms with van der Waals surface area (Å²) in [7, 11) is -3.87. The fraction of sp³-hybridized carbons (Fsp3) is 0.417. The van der Waals surface area contributed by atoms with Crippen LogP contribution in [0.5, 0.6) is 0 Å². The Balaban J connectivity index is 1.51. The summed E-state index contributed by atoms with van der Waals surface area (Å²) in [6, 6.07) is 8.93. The van der Waals surface area contributed by atoms with Crippen molar-refractivity contribution in [1.29, 1.82) is 0 Å². The van der Waals surface area contributed by atoms with Crippen LogP contribution in [-0.4, -0.2) is 55.5 Å². The number of thiazole rings is 1. The number of aromatic nitrogens is 1. The van der Waals surface area contributed by atoms with Crippen LogP contribution in [-0.2, 0) is 19.6 Å². The Morgan fingerprint density at radius 1 is 1.17 bits per heavy atom. The number of ether oxygens (including phenoxy) is 1. The molecule has 0 bridgehead atoms. The molecule has 2 aliphatic rings. The standard InChI is InChI=1S/C24H25Cl2N3O4S2/c1-15-6-11-19(26)22-21(15)27-24(34-22)28(14-17-4-3-13-33-17)23(30)20-5-2-12-29(20)35(31,32)18-9-7-16(25)8-10-18/h6-11,17,20H,2-5,12-14H2,1H3. The van der Waals surface area contributed by atoms with Crippen LogP contribution in [0.25, 0.3) is 10.2 Å². The van der Waals surface area contributed by atoms with E-state index in [0.717, 1.165) is 28.6 Å². The van der Waals surface area contributed by atoms with Crippen LogP contribution in [0.3, 0.4) is 0 Å². The number of aryl methyl sites for hydroxylation is 1. The van der Waals surface area contributed by atoms with Gasteiger partial charge in [-0.3, -0.25) is 9.69 Å². The average Bonchev–Trinajstić information content (AvgIpc) is 3.60. The SMILES string of the molecule is Cc1ccc(Cl)c2sc(N(CC3CCCO3)C(=O)C3CCCN3S(=O)(=O)c3ccc(Cl)cc3)nc12. The number of amides is 1. The highest BCUT2D eigenvalue weighted by Crippen LogP contribution is 2.37. The van der Waals surface area contributed by atoms with Gasteiger partial charge in [0.25, 0.3) is 0 Å². The maximum absolute atomic E-state index is 14.0. The van der Waals surface area contributed by atoms with Gasteiger partial charge in [0.15, 0.2) is 5.13 Å². The van der Waals surface area contributed by atoms with E-state index in [0.29, 0.717) is 41.2 Å². The summed E-state index contributed by atoms with van der Waals surface area (Å²) in [5.74, 6) is -0.289. The topological polar surface area (TPSA) is 79.8 Å². The van der Waals surface area contributed by atoms with E-state index in [9.17, 15) is 13.2 Å². The monoisotopic (exact) mass is 553 g/mol. The van der Waals surface area contributed by atoms with Crippen LogP contribution in [0, 0.1) is 6.92 Å². The van der Waals surface area contributed by atoms with Gasteiger partial charge in [-0.15, -0.1) is 0 Å². The first-order valence-electron chi connectivity index (χ1n) is 11.5. The Morgan fingerprint density at radius 3 is 2.63 bits per heavy atom. The van der Waals surface area contributed by atoms with Crippen molar-refractivity contribution in [3.05, 3.63) is 52.0 Å². The number of sulfonamides is 1. The number of halogens is 2. The predicted molar refractivity (Wildman–Crippen MR) is 139 cm³/mol. The molecule has 2 atom stereocenters. The zero-order valence-electron chi connectivity index (χ0n) is 19.1. The number of benzene rings is 2. The molecule has 7 nitrogen and oxygen atoms in total. The fourth-order valence-corrected chi connectivity index (χ4v) is 7.77. The van der Waals surface area contributed by atoms with E-state index < -0.39 is 16.1 Å². The van der Waals surface area contributed by atoms with E-state index in [1.54, 1.807) is 4.90 Å². The van der Waals surface area contributed by atoms with Crippen LogP contribution in [0.15, 0.2) is 41.3 Å². The van der Waals surface area contributed by atoms with E-state index in [1.807, 2.05) is 19.1 Å². The van der Waals surface area contributed by atoms with Crippen LogP contribution in [0.4, 0.5) is 5.13 Å². The number of nitrogens with zero attached hydrogens (tertiary/aromatic N) is 3. The molecule has 2 aromatic carbocycles. The minimum absolute atomic E-state index is 0.120. The minimum Gasteiger partial charge on any atom is -0.376 e. The summed E-state index contributed by atoms with van der Waals surface area (Å²) in [6.45, 7) is 3.20. The molecule has 3 heterocycles. The highest BCUT2D eigenvalue weighted by atomic mass is 35.5. The number of hydrogen-bond donors (Lipinski definition) is 0. The number of anilines is 1. The summed E-state index contributed by atoms with van der Waals surface area (Å²) < 4.78 is 34.9. The molecule has 2 fully saturated rings. The summed E-state index contributed by atoms with van der Waals surface area (Å²) in [6.07, 6.45) is 2.69. The van der Waals surface area contributed by atoms with Gasteiger partial charge in [-0.2, -0.15) is 4.31 Å². The van der Waals surface area contributed by atoms with Crippen molar-refractivity contribution in [3.8, 4) is 0 Å². The summed E-state index contributed by atoms with van der Waals surface area (Å²) >= 11 is 13.7. The van der Waals surface area contributed by atoms with Crippen molar-refractivity contribution < 1.29 is 17.9 Å². The molecule has 3 aromatic rings. The zero-order chi connectivity index (χ0) is 24.7. The van der Waals surface area contributed by atoms with Crippen molar-refractivity contribution in [2.75, 3.05) is 24.6 Å². The normalized spacial score (nSPS) is 21.1. The first kappa shape index (κ1) is 24.9. The molecule has 2 saturated heterocycles. The quantitative estimate of drug-likeness (QED) is 0.415. The zero-order valence-corrected chi connectivity index (χ0v) is 22.3. The molecule has 0 saturated carbocycles. The molecule has 2 unspecified atom stereocenters. The minimum atomic E-state index is -3.87. The Bertz CT molecular complexity index is 1320. The Hall–Kier alpha value is -1.75. The van der Waals surface area contributed by atoms with Crippen molar-refractivity contribution in [2.24, 2.45) is 0 Å². The van der Waals surface area contributed by atoms with E-state index in [4.69, 9.17) is 32.9 Å². The Kier molecular flexibility index (Phi) is 7.09. The molecule has 35 heavy (non-hydrogen) atoms. The molecule has 11 heteroatoms. The van der Waals surface area contributed by atoms with Crippen LogP contribution in [0.1, 0.15) is 31.2 Å². The average molecular weight is 555 g/mol. The molecular weight excluding hydrogens is 529 g/mol. The van der Waals surface area contributed by atoms with Crippen LogP contribution < -0.4 is 4.90 Å². The molecular formula is C24H25Cl2N3O4S2. The lowest BCUT2D eigenvalue weighted by molar-refractivity contribution is -0.122. The molecule has 5 rings (SSSR count). The highest BCUT2D eigenvalue weighted by Gasteiger charge is 2.42. The molecule has 0 aliphatic carbocycles. The third kappa shape index (κ3) is 4.82. The fourth-order valence-electron chi connectivity index (χ4n) is 4.66. The first-order valence-corrected chi connectivity index (χ1v) is 14.5. The molecule has 0 radical (unpaired) electrons. The predicted octanol–water partition coefficient (Wildman–Crippen LogP) is 5.28. The second kappa shape index (κ2) is 9.95. The molecule has 186 valence electrons. The van der Waals surface area contributed by atoms with Gasteiger partial charge in [0.1, 0.15) is 6.04 Å². The third-order valence-corrected chi connectivity index (χ3v) is 10.2. The Morgan fingerprint density at radius 2 is 1.94 bits per heavy atom. The lowest BCUT2D eigenvalue weighted by atomic mass is 10.2. The van der Waals surface area contributed by atoms with E-state index in [1.165, 1.54) is 39.9 Å². The van der Waals surface area contributed by atoms with Gasteiger partial charge in [-0.1, -0.05) is 40.6 Å². The largest absolute Gasteiger partial charge is 0.376 e. The molecule has 1 amide bonds. The summed E-state index contributed by atoms with van der Waals surface area (Å²) in [4.78, 5) is 20.5. The van der Waals surface area contributed by atoms with Gasteiger partial charge in [0.2, 0.25) is 15.9 Å². The highest BCUT2D eigenvalue weighted by molar-refractivity contribution is 7.89. The number of fused-ring (bicyclic) bond motifs is 1. The second-order valence-electron chi connectivity index (χ2n) is 8.85. The summed E-state index contributed by atoms with van der Waals surface area (Å²) in [5, 5.41) is 1.53. The maximum atomic E-state index is 14.0. The number of hydrogen-bond acceptors (Lipinski definition) is 6. The van der Waals surface area contributed by atoms with Crippen molar-refractivity contribution in [1.82, 2.24) is 9.29 Å². The first-order chi connectivity index (χ1) is 16.8. The summed E-state index contributed by atoms with van der Waals surface area (Å²) in [5.41, 5.74) is 1.71. The lowest BCUT2D eigenvalue weighted by Crippen LogP contribution is -2.49. The third-order valence-electron chi connectivity index (χ3n) is 6.50. The number of carbonyl (C=O) groups excluding carboxylic acids is 1. The van der Waals surface area contributed by atoms with Gasteiger partial charge in [0.05, 0.1) is 32.8 Å². The smallest absolute Gasteiger partial charge is 0.247 e. The van der Waals surface area contributed by atoms with Gasteiger partial charge in [-0.25, -0.2) is 13.4 Å². The Labute approximate surface area is 218 Å². The lowest BCUT2D eigenvalue weighted by Gasteiger charge is -2.29. The van der Waals surface area contributed by atoms with Gasteiger partial charge in [-0.05, 0) is 68.5 Å². The maximum Gasteiger partial charge on any atom is 0.247 e. The van der Waals surface area contributed by atoms with Gasteiger partial charge in [0, 0.05) is 18.2 Å². The van der Waals surface area contributed by atoms with Gasteiger partial charge < -0.3 is 4.74 Å². The molecule has 0 spiro atoms. The van der Waals surface area contributed by atoms with Crippen molar-refractivity contribution in [2.45, 2.75) is 49.6 Å². The van der Waals surface area contributed by atoms with Gasteiger partial charge >= 0.3 is 0 Å². The van der Waals surface area contributed by atoms with E-state index >= 15 is 0 Å².